The number of Topliss-reactive ketones (excluding diaryl/α,β-unsaturated/α-hetero) is 1. The maximum absolute atomic E-state index is 14.1. The van der Waals surface area contributed by atoms with Crippen molar-refractivity contribution >= 4 is 17.4 Å². The second kappa shape index (κ2) is 5.83. The van der Waals surface area contributed by atoms with Crippen LogP contribution in [0.1, 0.15) is 24.8 Å². The van der Waals surface area contributed by atoms with E-state index in [-0.39, 0.29) is 30.6 Å². The summed E-state index contributed by atoms with van der Waals surface area (Å²) < 4.78 is 23.4. The minimum atomic E-state index is -1.41. The first-order valence-corrected chi connectivity index (χ1v) is 11.3. The largest absolute Gasteiger partial charge is 0.493 e. The molecule has 5 aliphatic heterocycles. The zero-order valence-electron chi connectivity index (χ0n) is 18.1. The molecular formula is C23H26N2O7. The fourth-order valence-electron chi connectivity index (χ4n) is 7.58. The molecule has 9 nitrogen and oxygen atoms in total. The zero-order chi connectivity index (χ0) is 22.0. The first-order chi connectivity index (χ1) is 15.4. The highest BCUT2D eigenvalue weighted by atomic mass is 16.7. The summed E-state index contributed by atoms with van der Waals surface area (Å²) in [5.41, 5.74) is -1.78. The molecule has 0 aromatic heterocycles. The molecule has 7 atom stereocenters. The standard InChI is InChI=1S/C23H26N2O7/c1-29-13-5-11-12(6-14(13)30-2)25-18(27)7-15-19-20(25)21(11)3-4-24-10-23(17(32-23)9-31-15)22(19,28)8-16(21)26/h5-6,15,17,19-20,24,28H,3-4,7-10H2,1-2H3/t15-,17+,19-,20-,21+,22-,23+/m0/s1. The van der Waals surface area contributed by atoms with Gasteiger partial charge in [0.05, 0.1) is 50.5 Å². The van der Waals surface area contributed by atoms with Gasteiger partial charge in [0.1, 0.15) is 23.1 Å². The van der Waals surface area contributed by atoms with E-state index < -0.39 is 34.7 Å². The van der Waals surface area contributed by atoms with Crippen LogP contribution in [-0.4, -0.2) is 80.2 Å². The van der Waals surface area contributed by atoms with E-state index in [9.17, 15) is 14.7 Å². The van der Waals surface area contributed by atoms with Crippen molar-refractivity contribution in [3.8, 4) is 11.5 Å². The number of amides is 1. The highest BCUT2D eigenvalue weighted by Gasteiger charge is 2.81. The molecule has 1 aromatic rings. The molecule has 1 spiro atoms. The number of anilines is 1. The third-order valence-electron chi connectivity index (χ3n) is 8.98. The van der Waals surface area contributed by atoms with Gasteiger partial charge in [0, 0.05) is 24.9 Å². The van der Waals surface area contributed by atoms with E-state index in [1.807, 2.05) is 6.07 Å². The average molecular weight is 442 g/mol. The van der Waals surface area contributed by atoms with Gasteiger partial charge in [-0.3, -0.25) is 9.59 Å². The Morgan fingerprint density at radius 2 is 2.00 bits per heavy atom. The fourth-order valence-corrected chi connectivity index (χ4v) is 7.58. The molecular weight excluding hydrogens is 416 g/mol. The number of methoxy groups -OCH3 is 2. The molecule has 1 saturated carbocycles. The highest BCUT2D eigenvalue weighted by Crippen LogP contribution is 2.66. The summed E-state index contributed by atoms with van der Waals surface area (Å²) in [4.78, 5) is 29.4. The number of carbonyl (C=O) groups excluding carboxylic acids is 2. The normalized spacial score (nSPS) is 45.3. The van der Waals surface area contributed by atoms with Crippen LogP contribution in [0.25, 0.3) is 0 Å². The second-order valence-electron chi connectivity index (χ2n) is 9.95. The van der Waals surface area contributed by atoms with Crippen LogP contribution in [-0.2, 0) is 24.5 Å². The lowest BCUT2D eigenvalue weighted by molar-refractivity contribution is -0.181. The number of ketones is 1. The van der Waals surface area contributed by atoms with Crippen LogP contribution < -0.4 is 19.7 Å². The zero-order valence-corrected chi connectivity index (χ0v) is 18.1. The predicted octanol–water partition coefficient (Wildman–Crippen LogP) is -0.0897. The molecule has 4 saturated heterocycles. The molecule has 1 amide bonds. The van der Waals surface area contributed by atoms with E-state index in [2.05, 4.69) is 5.32 Å². The molecule has 9 heteroatoms. The molecule has 4 bridgehead atoms. The number of piperidine rings is 1. The first kappa shape index (κ1) is 19.3. The van der Waals surface area contributed by atoms with Crippen LogP contribution in [0.5, 0.6) is 11.5 Å². The molecule has 6 aliphatic rings. The lowest BCUT2D eigenvalue weighted by Gasteiger charge is -2.57. The summed E-state index contributed by atoms with van der Waals surface area (Å²) >= 11 is 0. The van der Waals surface area contributed by atoms with Crippen LogP contribution in [0, 0.1) is 5.92 Å². The Morgan fingerprint density at radius 3 is 2.78 bits per heavy atom. The molecule has 0 radical (unpaired) electrons. The number of hydrogen-bond donors (Lipinski definition) is 2. The molecule has 7 rings (SSSR count). The van der Waals surface area contributed by atoms with Crippen molar-refractivity contribution in [3.05, 3.63) is 17.7 Å². The number of ether oxygens (including phenoxy) is 4. The van der Waals surface area contributed by atoms with Crippen molar-refractivity contribution in [1.29, 1.82) is 0 Å². The van der Waals surface area contributed by atoms with Gasteiger partial charge in [-0.05, 0) is 24.6 Å². The summed E-state index contributed by atoms with van der Waals surface area (Å²) in [6.45, 7) is 1.36. The lowest BCUT2D eigenvalue weighted by atomic mass is 9.52. The van der Waals surface area contributed by atoms with E-state index in [4.69, 9.17) is 18.9 Å². The van der Waals surface area contributed by atoms with Gasteiger partial charge >= 0.3 is 0 Å². The quantitative estimate of drug-likeness (QED) is 0.612. The summed E-state index contributed by atoms with van der Waals surface area (Å²) in [7, 11) is 3.11. The summed E-state index contributed by atoms with van der Waals surface area (Å²) in [5.74, 6) is 0.438. The summed E-state index contributed by atoms with van der Waals surface area (Å²) in [5, 5.41) is 15.7. The van der Waals surface area contributed by atoms with Crippen LogP contribution in [0.3, 0.4) is 0 Å². The molecule has 1 aromatic carbocycles. The number of rotatable bonds is 2. The lowest BCUT2D eigenvalue weighted by Crippen LogP contribution is -2.74. The van der Waals surface area contributed by atoms with Crippen LogP contribution in [0.2, 0.25) is 0 Å². The SMILES string of the molecule is COc1cc2c(cc1OC)[C@@]13CCNC[C@@]45O[C@@H]4CO[C@H]4CC(=O)N2[C@H]1[C@H]4[C@@]5(O)CC3=O. The van der Waals surface area contributed by atoms with Crippen LogP contribution in [0.15, 0.2) is 12.1 Å². The average Bonchev–Trinajstić information content (AvgIpc) is 3.42. The van der Waals surface area contributed by atoms with Gasteiger partial charge < -0.3 is 34.3 Å². The molecule has 32 heavy (non-hydrogen) atoms. The number of aliphatic hydroxyl groups is 1. The van der Waals surface area contributed by atoms with Crippen molar-refractivity contribution in [2.24, 2.45) is 5.92 Å². The van der Waals surface area contributed by atoms with Crippen molar-refractivity contribution in [3.63, 3.8) is 0 Å². The van der Waals surface area contributed by atoms with Gasteiger partial charge in [-0.15, -0.1) is 0 Å². The second-order valence-corrected chi connectivity index (χ2v) is 9.95. The van der Waals surface area contributed by atoms with Crippen LogP contribution in [0.4, 0.5) is 5.69 Å². The smallest absolute Gasteiger partial charge is 0.229 e. The van der Waals surface area contributed by atoms with Gasteiger partial charge in [0.2, 0.25) is 5.91 Å². The van der Waals surface area contributed by atoms with Gasteiger partial charge in [-0.25, -0.2) is 0 Å². The molecule has 2 N–H and O–H groups in total. The topological polar surface area (TPSA) is 110 Å². The molecule has 0 unspecified atom stereocenters. The third-order valence-corrected chi connectivity index (χ3v) is 8.98. The van der Waals surface area contributed by atoms with Gasteiger partial charge in [0.25, 0.3) is 0 Å². The van der Waals surface area contributed by atoms with Crippen molar-refractivity contribution in [2.75, 3.05) is 38.8 Å². The Labute approximate surface area is 184 Å². The third kappa shape index (κ3) is 1.89. The number of hydrogen-bond acceptors (Lipinski definition) is 8. The Bertz CT molecular complexity index is 1080. The van der Waals surface area contributed by atoms with Crippen molar-refractivity contribution in [1.82, 2.24) is 5.32 Å². The highest BCUT2D eigenvalue weighted by molar-refractivity contribution is 6.07. The Balaban J connectivity index is 1.54. The number of nitrogens with one attached hydrogen (secondary N) is 1. The van der Waals surface area contributed by atoms with E-state index >= 15 is 0 Å². The van der Waals surface area contributed by atoms with E-state index in [0.29, 0.717) is 43.3 Å². The fraction of sp³-hybridized carbons (Fsp3) is 0.652. The van der Waals surface area contributed by atoms with E-state index in [1.165, 1.54) is 0 Å². The maximum Gasteiger partial charge on any atom is 0.229 e. The number of nitrogens with zero attached hydrogens (tertiary/aromatic N) is 1. The minimum Gasteiger partial charge on any atom is -0.493 e. The van der Waals surface area contributed by atoms with Gasteiger partial charge in [-0.2, -0.15) is 0 Å². The Hall–Kier alpha value is -2.20. The van der Waals surface area contributed by atoms with Crippen LogP contribution >= 0.6 is 0 Å². The van der Waals surface area contributed by atoms with Gasteiger partial charge in [0.15, 0.2) is 11.5 Å². The number of benzene rings is 1. The predicted molar refractivity (Wildman–Crippen MR) is 110 cm³/mol. The monoisotopic (exact) mass is 442 g/mol. The summed E-state index contributed by atoms with van der Waals surface area (Å²) in [6.07, 6.45) is -0.0648. The Kier molecular flexibility index (Phi) is 3.51. The minimum absolute atomic E-state index is 0.0119. The van der Waals surface area contributed by atoms with Crippen molar-refractivity contribution < 1.29 is 33.6 Å². The molecule has 1 aliphatic carbocycles. The first-order valence-electron chi connectivity index (χ1n) is 11.3. The van der Waals surface area contributed by atoms with Crippen molar-refractivity contribution in [2.45, 2.75) is 54.1 Å². The van der Waals surface area contributed by atoms with Gasteiger partial charge in [-0.1, -0.05) is 0 Å². The molecule has 170 valence electrons. The van der Waals surface area contributed by atoms with E-state index in [1.54, 1.807) is 25.2 Å². The number of carbonyl (C=O) groups is 2. The summed E-state index contributed by atoms with van der Waals surface area (Å²) in [6, 6.07) is 3.10. The maximum atomic E-state index is 14.1. The number of epoxide rings is 1. The Morgan fingerprint density at radius 1 is 1.22 bits per heavy atom. The van der Waals surface area contributed by atoms with E-state index in [0.717, 1.165) is 5.56 Å². The number of fused-ring (bicyclic) bond motifs is 2. The molecule has 5 fully saturated rings. The molecule has 5 heterocycles.